The molecule has 2 aliphatic rings. The van der Waals surface area contributed by atoms with Gasteiger partial charge in [0.15, 0.2) is 15.0 Å². The van der Waals surface area contributed by atoms with E-state index >= 15 is 0 Å². The van der Waals surface area contributed by atoms with Gasteiger partial charge in [0.1, 0.15) is 0 Å². The lowest BCUT2D eigenvalue weighted by Crippen LogP contribution is -2.24. The number of amides is 1. The van der Waals surface area contributed by atoms with Crippen LogP contribution in [0.15, 0.2) is 23.2 Å². The minimum Gasteiger partial charge on any atom is -0.352 e. The number of carbonyl (C=O) groups is 1. The van der Waals surface area contributed by atoms with Gasteiger partial charge in [0.2, 0.25) is 0 Å². The summed E-state index contributed by atoms with van der Waals surface area (Å²) < 4.78 is 23.3. The number of hydrogen-bond acceptors (Lipinski definition) is 6. The van der Waals surface area contributed by atoms with Crippen LogP contribution in [0.4, 0.5) is 5.69 Å². The van der Waals surface area contributed by atoms with E-state index in [9.17, 15) is 13.2 Å². The predicted octanol–water partition coefficient (Wildman–Crippen LogP) is 2.21. The van der Waals surface area contributed by atoms with Crippen LogP contribution in [0.2, 0.25) is 0 Å². The third-order valence-corrected chi connectivity index (χ3v) is 7.52. The van der Waals surface area contributed by atoms with E-state index < -0.39 is 9.84 Å². The monoisotopic (exact) mass is 381 g/mol. The highest BCUT2D eigenvalue weighted by Gasteiger charge is 2.42. The molecule has 2 heterocycles. The molecule has 0 saturated carbocycles. The third kappa shape index (κ3) is 4.36. The van der Waals surface area contributed by atoms with Gasteiger partial charge in [-0.3, -0.25) is 9.79 Å². The van der Waals surface area contributed by atoms with Crippen molar-refractivity contribution >= 4 is 38.4 Å². The first-order chi connectivity index (χ1) is 11.9. The highest BCUT2D eigenvalue weighted by atomic mass is 32.2. The summed E-state index contributed by atoms with van der Waals surface area (Å²) in [5, 5.41) is 6.92. The minimum atomic E-state index is -2.95. The van der Waals surface area contributed by atoms with Crippen LogP contribution in [0.25, 0.3) is 0 Å². The molecule has 2 N–H and O–H groups in total. The van der Waals surface area contributed by atoms with Crippen LogP contribution in [0.5, 0.6) is 0 Å². The van der Waals surface area contributed by atoms with Crippen molar-refractivity contribution in [3.63, 3.8) is 0 Å². The van der Waals surface area contributed by atoms with Crippen LogP contribution in [0.3, 0.4) is 0 Å². The van der Waals surface area contributed by atoms with E-state index in [1.165, 1.54) is 11.8 Å². The molecule has 0 spiro atoms. The van der Waals surface area contributed by atoms with E-state index in [1.807, 2.05) is 25.1 Å². The van der Waals surface area contributed by atoms with E-state index in [1.54, 1.807) is 0 Å². The zero-order valence-electron chi connectivity index (χ0n) is 14.4. The quantitative estimate of drug-likeness (QED) is 0.764. The summed E-state index contributed by atoms with van der Waals surface area (Å²) in [6, 6.07) is 5.39. The second-order valence-electron chi connectivity index (χ2n) is 6.50. The molecular formula is C17H23N3O3S2. The Morgan fingerprint density at radius 1 is 1.36 bits per heavy atom. The van der Waals surface area contributed by atoms with Crippen LogP contribution in [0, 0.1) is 6.92 Å². The van der Waals surface area contributed by atoms with E-state index in [0.29, 0.717) is 12.1 Å². The molecule has 0 aliphatic carbocycles. The number of thioether (sulfide) groups is 1. The van der Waals surface area contributed by atoms with Crippen LogP contribution in [-0.4, -0.2) is 48.8 Å². The number of anilines is 1. The molecule has 1 amide bonds. The zero-order chi connectivity index (χ0) is 18.0. The maximum absolute atomic E-state index is 12.2. The Hall–Kier alpha value is -1.54. The van der Waals surface area contributed by atoms with Gasteiger partial charge in [-0.2, -0.15) is 0 Å². The Balaban J connectivity index is 1.69. The molecule has 8 heteroatoms. The first kappa shape index (κ1) is 18.3. The van der Waals surface area contributed by atoms with Gasteiger partial charge in [0.05, 0.1) is 17.5 Å². The molecule has 0 unspecified atom stereocenters. The number of sulfone groups is 1. The van der Waals surface area contributed by atoms with Crippen molar-refractivity contribution in [2.75, 3.05) is 23.4 Å². The van der Waals surface area contributed by atoms with E-state index in [-0.39, 0.29) is 28.7 Å². The van der Waals surface area contributed by atoms with Crippen LogP contribution >= 0.6 is 11.8 Å². The van der Waals surface area contributed by atoms with Gasteiger partial charge in [-0.1, -0.05) is 31.2 Å². The number of unbranched alkanes of at least 4 members (excludes halogenated alkanes) is 1. The van der Waals surface area contributed by atoms with Crippen molar-refractivity contribution in [2.24, 2.45) is 4.99 Å². The summed E-state index contributed by atoms with van der Waals surface area (Å²) in [5.41, 5.74) is 2.45. The molecular weight excluding hydrogens is 358 g/mol. The van der Waals surface area contributed by atoms with E-state index in [0.717, 1.165) is 29.3 Å². The topological polar surface area (TPSA) is 87.6 Å². The number of benzene rings is 1. The molecule has 3 rings (SSSR count). The lowest BCUT2D eigenvalue weighted by Gasteiger charge is -2.12. The lowest BCUT2D eigenvalue weighted by atomic mass is 10.1. The SMILES string of the molecule is CCCCNC(=O)c1ccc(C)c(NC2=N[C@@H]3CS(=O)(=O)C[C@H]3S2)c1. The average molecular weight is 382 g/mol. The van der Waals surface area contributed by atoms with Crippen LogP contribution < -0.4 is 10.6 Å². The maximum atomic E-state index is 12.2. The summed E-state index contributed by atoms with van der Waals surface area (Å²) >= 11 is 1.48. The lowest BCUT2D eigenvalue weighted by molar-refractivity contribution is 0.0953. The van der Waals surface area contributed by atoms with Crippen molar-refractivity contribution in [3.8, 4) is 0 Å². The number of rotatable bonds is 5. The Labute approximate surface area is 152 Å². The number of nitrogens with one attached hydrogen (secondary N) is 2. The summed E-state index contributed by atoms with van der Waals surface area (Å²) in [7, 11) is -2.95. The standard InChI is InChI=1S/C17H23N3O3S2/c1-3-4-7-18-16(21)12-6-5-11(2)13(8-12)19-17-20-14-9-25(22,23)10-15(14)24-17/h5-6,8,14-15H,3-4,7,9-10H2,1-2H3,(H,18,21)(H,19,20)/t14-,15-/m1/s1. The Kier molecular flexibility index (Phi) is 5.38. The van der Waals surface area contributed by atoms with Crippen molar-refractivity contribution in [1.82, 2.24) is 5.32 Å². The number of nitrogens with zero attached hydrogens (tertiary/aromatic N) is 1. The smallest absolute Gasteiger partial charge is 0.251 e. The number of aryl methyl sites for hydroxylation is 1. The van der Waals surface area contributed by atoms with Gasteiger partial charge in [0.25, 0.3) is 5.91 Å². The Bertz CT molecular complexity index is 805. The number of aliphatic imine (C=N–C) groups is 1. The number of hydrogen-bond donors (Lipinski definition) is 2. The minimum absolute atomic E-state index is 0.00771. The molecule has 2 atom stereocenters. The van der Waals surface area contributed by atoms with E-state index in [4.69, 9.17) is 0 Å². The summed E-state index contributed by atoms with van der Waals surface area (Å²) in [6.07, 6.45) is 2.00. The number of amidine groups is 1. The highest BCUT2D eigenvalue weighted by Crippen LogP contribution is 2.35. The molecule has 1 fully saturated rings. The summed E-state index contributed by atoms with van der Waals surface area (Å²) in [5.74, 6) is 0.241. The first-order valence-electron chi connectivity index (χ1n) is 8.48. The second kappa shape index (κ2) is 7.37. The zero-order valence-corrected chi connectivity index (χ0v) is 16.0. The van der Waals surface area contributed by atoms with Crippen LogP contribution in [-0.2, 0) is 9.84 Å². The average Bonchev–Trinajstić information content (AvgIpc) is 3.02. The van der Waals surface area contributed by atoms with Gasteiger partial charge >= 0.3 is 0 Å². The molecule has 6 nitrogen and oxygen atoms in total. The normalized spacial score (nSPS) is 23.8. The molecule has 1 saturated heterocycles. The molecule has 25 heavy (non-hydrogen) atoms. The molecule has 0 radical (unpaired) electrons. The molecule has 2 aliphatic heterocycles. The summed E-state index contributed by atoms with van der Waals surface area (Å²) in [4.78, 5) is 16.7. The Morgan fingerprint density at radius 2 is 2.16 bits per heavy atom. The fraction of sp³-hybridized carbons (Fsp3) is 0.529. The van der Waals surface area contributed by atoms with Gasteiger partial charge in [-0.25, -0.2) is 8.42 Å². The van der Waals surface area contributed by atoms with Gasteiger partial charge in [-0.05, 0) is 31.0 Å². The van der Waals surface area contributed by atoms with Crippen LogP contribution in [0.1, 0.15) is 35.7 Å². The second-order valence-corrected chi connectivity index (χ2v) is 9.88. The fourth-order valence-electron chi connectivity index (χ4n) is 2.91. The Morgan fingerprint density at radius 3 is 2.88 bits per heavy atom. The fourth-order valence-corrected chi connectivity index (χ4v) is 6.58. The van der Waals surface area contributed by atoms with Crippen molar-refractivity contribution in [2.45, 2.75) is 38.0 Å². The van der Waals surface area contributed by atoms with E-state index in [2.05, 4.69) is 22.5 Å². The number of carbonyl (C=O) groups excluding carboxylic acids is 1. The van der Waals surface area contributed by atoms with Crippen molar-refractivity contribution < 1.29 is 13.2 Å². The van der Waals surface area contributed by atoms with Gasteiger partial charge in [-0.15, -0.1) is 0 Å². The maximum Gasteiger partial charge on any atom is 0.251 e. The van der Waals surface area contributed by atoms with Gasteiger partial charge < -0.3 is 10.6 Å². The van der Waals surface area contributed by atoms with Gasteiger partial charge in [0, 0.05) is 23.0 Å². The molecule has 0 aromatic heterocycles. The number of fused-ring (bicyclic) bond motifs is 1. The summed E-state index contributed by atoms with van der Waals surface area (Å²) in [6.45, 7) is 4.72. The first-order valence-corrected chi connectivity index (χ1v) is 11.2. The molecule has 1 aromatic carbocycles. The third-order valence-electron chi connectivity index (χ3n) is 4.38. The predicted molar refractivity (Wildman–Crippen MR) is 103 cm³/mol. The molecule has 1 aromatic rings. The molecule has 136 valence electrons. The van der Waals surface area contributed by atoms with Crippen molar-refractivity contribution in [1.29, 1.82) is 0 Å². The van der Waals surface area contributed by atoms with Crippen molar-refractivity contribution in [3.05, 3.63) is 29.3 Å². The largest absolute Gasteiger partial charge is 0.352 e. The molecule has 0 bridgehead atoms. The highest BCUT2D eigenvalue weighted by molar-refractivity contribution is 8.15.